The summed E-state index contributed by atoms with van der Waals surface area (Å²) in [4.78, 5) is 0. The molecule has 0 radical (unpaired) electrons. The average Bonchev–Trinajstić information content (AvgIpc) is 2.56. The molecular weight excluding hydrogens is 204 g/mol. The first-order chi connectivity index (χ1) is 6.68. The smallest absolute Gasteiger partial charge is 0.0785 e. The molecule has 14 heavy (non-hydrogen) atoms. The highest BCUT2D eigenvalue weighted by Crippen LogP contribution is 2.09. The second-order valence-electron chi connectivity index (χ2n) is 3.76. The summed E-state index contributed by atoms with van der Waals surface area (Å²) in [5.41, 5.74) is 0. The Bertz CT molecular complexity index is 140. The van der Waals surface area contributed by atoms with Crippen molar-refractivity contribution in [1.29, 1.82) is 0 Å². The van der Waals surface area contributed by atoms with Gasteiger partial charge in [-0.05, 0) is 20.3 Å². The summed E-state index contributed by atoms with van der Waals surface area (Å²) >= 11 is 5.59. The van der Waals surface area contributed by atoms with Crippen molar-refractivity contribution in [3.63, 3.8) is 0 Å². The van der Waals surface area contributed by atoms with Gasteiger partial charge in [0.2, 0.25) is 0 Å². The molecular formula is C10H19ClO3. The minimum atomic E-state index is 0.291. The third-order valence-corrected chi connectivity index (χ3v) is 2.39. The molecule has 84 valence electrons. The fraction of sp³-hybridized carbons (Fsp3) is 1.00. The highest BCUT2D eigenvalue weighted by molar-refractivity contribution is 6.20. The highest BCUT2D eigenvalue weighted by atomic mass is 35.5. The maximum absolute atomic E-state index is 5.59. The highest BCUT2D eigenvalue weighted by Gasteiger charge is 2.14. The minimum Gasteiger partial charge on any atom is -0.380 e. The van der Waals surface area contributed by atoms with E-state index in [-0.39, 0.29) is 0 Å². The second kappa shape index (κ2) is 6.62. The van der Waals surface area contributed by atoms with E-state index in [0.717, 1.165) is 32.8 Å². The zero-order valence-corrected chi connectivity index (χ0v) is 9.63. The van der Waals surface area contributed by atoms with Gasteiger partial charge in [0.15, 0.2) is 0 Å². The molecule has 2 aliphatic rings. The summed E-state index contributed by atoms with van der Waals surface area (Å²) in [7, 11) is 0. The van der Waals surface area contributed by atoms with Gasteiger partial charge in [-0.1, -0.05) is 0 Å². The Kier molecular flexibility index (Phi) is 5.78. The Morgan fingerprint density at radius 1 is 1.00 bits per heavy atom. The summed E-state index contributed by atoms with van der Waals surface area (Å²) in [5, 5.41) is 0.296. The van der Waals surface area contributed by atoms with Gasteiger partial charge in [-0.15, -0.1) is 11.6 Å². The SMILES string of the molecule is CC1COCC(C)O1.ClC1CCOC1. The van der Waals surface area contributed by atoms with Crippen LogP contribution in [0.15, 0.2) is 0 Å². The van der Waals surface area contributed by atoms with Gasteiger partial charge >= 0.3 is 0 Å². The molecule has 0 aromatic rings. The van der Waals surface area contributed by atoms with Crippen molar-refractivity contribution in [3.8, 4) is 0 Å². The zero-order chi connectivity index (χ0) is 10.4. The molecule has 0 spiro atoms. The van der Waals surface area contributed by atoms with E-state index < -0.39 is 0 Å². The lowest BCUT2D eigenvalue weighted by atomic mass is 10.3. The Hall–Kier alpha value is 0.170. The number of hydrogen-bond donors (Lipinski definition) is 0. The Labute approximate surface area is 90.7 Å². The fourth-order valence-electron chi connectivity index (χ4n) is 1.38. The molecule has 2 fully saturated rings. The van der Waals surface area contributed by atoms with Gasteiger partial charge < -0.3 is 14.2 Å². The van der Waals surface area contributed by atoms with E-state index in [0.29, 0.717) is 17.6 Å². The fourth-order valence-corrected chi connectivity index (χ4v) is 1.56. The maximum atomic E-state index is 5.59. The van der Waals surface area contributed by atoms with Gasteiger partial charge in [-0.25, -0.2) is 0 Å². The lowest BCUT2D eigenvalue weighted by molar-refractivity contribution is -0.122. The molecule has 4 heteroatoms. The Morgan fingerprint density at radius 3 is 1.86 bits per heavy atom. The topological polar surface area (TPSA) is 27.7 Å². The van der Waals surface area contributed by atoms with Crippen LogP contribution in [0.1, 0.15) is 20.3 Å². The summed E-state index contributed by atoms with van der Waals surface area (Å²) in [6, 6.07) is 0. The van der Waals surface area contributed by atoms with Gasteiger partial charge in [0.25, 0.3) is 0 Å². The summed E-state index contributed by atoms with van der Waals surface area (Å²) in [5.74, 6) is 0. The van der Waals surface area contributed by atoms with Gasteiger partial charge in [0, 0.05) is 6.61 Å². The first-order valence-corrected chi connectivity index (χ1v) is 5.57. The molecule has 2 saturated heterocycles. The van der Waals surface area contributed by atoms with E-state index in [1.165, 1.54) is 0 Å². The molecule has 3 unspecified atom stereocenters. The Morgan fingerprint density at radius 2 is 1.64 bits per heavy atom. The molecule has 2 heterocycles. The van der Waals surface area contributed by atoms with Gasteiger partial charge in [0.1, 0.15) is 0 Å². The van der Waals surface area contributed by atoms with Crippen LogP contribution in [-0.2, 0) is 14.2 Å². The van der Waals surface area contributed by atoms with Crippen LogP contribution in [0.3, 0.4) is 0 Å². The molecule has 3 atom stereocenters. The van der Waals surface area contributed by atoms with E-state index >= 15 is 0 Å². The van der Waals surface area contributed by atoms with Crippen LogP contribution in [0.5, 0.6) is 0 Å². The average molecular weight is 223 g/mol. The van der Waals surface area contributed by atoms with Crippen molar-refractivity contribution in [1.82, 2.24) is 0 Å². The first kappa shape index (κ1) is 12.2. The zero-order valence-electron chi connectivity index (χ0n) is 8.87. The van der Waals surface area contributed by atoms with Crippen molar-refractivity contribution in [2.75, 3.05) is 26.4 Å². The van der Waals surface area contributed by atoms with E-state index in [1.807, 2.05) is 13.8 Å². The first-order valence-electron chi connectivity index (χ1n) is 5.13. The summed E-state index contributed by atoms with van der Waals surface area (Å²) in [6.07, 6.45) is 1.61. The molecule has 0 N–H and O–H groups in total. The van der Waals surface area contributed by atoms with Crippen LogP contribution in [0, 0.1) is 0 Å². The van der Waals surface area contributed by atoms with Crippen molar-refractivity contribution in [2.24, 2.45) is 0 Å². The van der Waals surface area contributed by atoms with Crippen LogP contribution in [0.2, 0.25) is 0 Å². The van der Waals surface area contributed by atoms with Crippen LogP contribution in [0.4, 0.5) is 0 Å². The van der Waals surface area contributed by atoms with Gasteiger partial charge in [-0.2, -0.15) is 0 Å². The third-order valence-electron chi connectivity index (χ3n) is 2.04. The summed E-state index contributed by atoms with van der Waals surface area (Å²) in [6.45, 7) is 7.16. The predicted molar refractivity (Wildman–Crippen MR) is 55.9 cm³/mol. The molecule has 3 nitrogen and oxygen atoms in total. The largest absolute Gasteiger partial charge is 0.380 e. The van der Waals surface area contributed by atoms with Gasteiger partial charge in [-0.3, -0.25) is 0 Å². The normalized spacial score (nSPS) is 37.5. The molecule has 0 aromatic heterocycles. The van der Waals surface area contributed by atoms with E-state index in [9.17, 15) is 0 Å². The van der Waals surface area contributed by atoms with E-state index in [2.05, 4.69) is 0 Å². The number of ether oxygens (including phenoxy) is 3. The monoisotopic (exact) mass is 222 g/mol. The van der Waals surface area contributed by atoms with Crippen molar-refractivity contribution in [3.05, 3.63) is 0 Å². The van der Waals surface area contributed by atoms with E-state index in [4.69, 9.17) is 25.8 Å². The van der Waals surface area contributed by atoms with Crippen LogP contribution in [0.25, 0.3) is 0 Å². The second-order valence-corrected chi connectivity index (χ2v) is 4.37. The predicted octanol–water partition coefficient (Wildman–Crippen LogP) is 1.82. The Balaban J connectivity index is 0.000000146. The minimum absolute atomic E-state index is 0.291. The molecule has 0 amide bonds. The molecule has 0 aromatic carbocycles. The quantitative estimate of drug-likeness (QED) is 0.586. The van der Waals surface area contributed by atoms with Crippen molar-refractivity contribution >= 4 is 11.6 Å². The number of halogens is 1. The number of rotatable bonds is 0. The third kappa shape index (κ3) is 5.15. The molecule has 0 bridgehead atoms. The maximum Gasteiger partial charge on any atom is 0.0785 e. The molecule has 2 rings (SSSR count). The molecule has 2 aliphatic heterocycles. The lowest BCUT2D eigenvalue weighted by Gasteiger charge is -2.24. The van der Waals surface area contributed by atoms with Gasteiger partial charge in [0.05, 0.1) is 37.4 Å². The van der Waals surface area contributed by atoms with Crippen LogP contribution in [-0.4, -0.2) is 44.0 Å². The standard InChI is InChI=1S/C6H12O2.C4H7ClO/c1-5-3-7-4-6(2)8-5;5-4-1-2-6-3-4/h5-6H,3-4H2,1-2H3;4H,1-3H2. The van der Waals surface area contributed by atoms with Crippen LogP contribution < -0.4 is 0 Å². The van der Waals surface area contributed by atoms with Crippen molar-refractivity contribution < 1.29 is 14.2 Å². The van der Waals surface area contributed by atoms with E-state index in [1.54, 1.807) is 0 Å². The number of alkyl halides is 1. The molecule has 0 aliphatic carbocycles. The van der Waals surface area contributed by atoms with Crippen LogP contribution >= 0.6 is 11.6 Å². The lowest BCUT2D eigenvalue weighted by Crippen LogP contribution is -2.32. The number of hydrogen-bond acceptors (Lipinski definition) is 3. The summed E-state index contributed by atoms with van der Waals surface area (Å²) < 4.78 is 15.5. The van der Waals surface area contributed by atoms with Crippen molar-refractivity contribution in [2.45, 2.75) is 37.9 Å². The molecule has 0 saturated carbocycles.